The molecule has 7 atom stereocenters. The number of aliphatic hydroxyl groups is 1. The number of carboxylic acids is 3. The van der Waals surface area contributed by atoms with Crippen LogP contribution in [0.4, 0.5) is 0 Å². The van der Waals surface area contributed by atoms with E-state index in [1.165, 1.54) is 0 Å². The highest BCUT2D eigenvalue weighted by molar-refractivity contribution is 5.98. The van der Waals surface area contributed by atoms with Crippen LogP contribution in [0.2, 0.25) is 0 Å². The molecule has 1 rings (SSSR count). The van der Waals surface area contributed by atoms with Crippen LogP contribution in [0.3, 0.4) is 0 Å². The number of rotatable bonds is 31. The molecule has 0 aromatic rings. The Morgan fingerprint density at radius 3 is 1.53 bits per heavy atom. The standard InChI is InChI=1S/C35H62N12O13/c36-13-3-1-7-20(42-31(56)22(11-12-26(49)50)44-28(53)19-9-5-15-40-19)30(55)46-24(17-27(51)52)32(57)47-25(18-48)33(58)43-21(10-6-16-41-35(38)39)29(54)45-23(34(59)60)8-2-4-14-37/h19-25,40,48H,1-18,36-37H2,(H,42,56)(H,43,58)(H,44,53)(H,45,54)(H,46,55)(H,47,57)(H,49,50)(H,51,52)(H,59,60)(H4,38,39,41)/t19-,20-,21-,22-,23-,24-,25-/m0/s1. The third kappa shape index (κ3) is 20.9. The lowest BCUT2D eigenvalue weighted by atomic mass is 10.0. The van der Waals surface area contributed by atoms with Crippen LogP contribution in [0.15, 0.2) is 4.99 Å². The Morgan fingerprint density at radius 2 is 1.07 bits per heavy atom. The molecule has 0 spiro atoms. The van der Waals surface area contributed by atoms with E-state index in [2.05, 4.69) is 42.2 Å². The first kappa shape index (κ1) is 52.4. The summed E-state index contributed by atoms with van der Waals surface area (Å²) in [4.78, 5) is 119. The van der Waals surface area contributed by atoms with Crippen LogP contribution in [0.1, 0.15) is 83.5 Å². The number of aliphatic hydroxyl groups excluding tert-OH is 1. The zero-order valence-electron chi connectivity index (χ0n) is 33.5. The number of carboxylic acid groups (broad SMARTS) is 3. The van der Waals surface area contributed by atoms with Crippen LogP contribution in [-0.4, -0.2) is 155 Å². The van der Waals surface area contributed by atoms with Gasteiger partial charge in [-0.3, -0.25) is 43.3 Å². The molecule has 19 N–H and O–H groups in total. The van der Waals surface area contributed by atoms with Crippen molar-refractivity contribution in [2.24, 2.45) is 27.9 Å². The molecule has 1 saturated heterocycles. The SMILES string of the molecule is NCCCC[C@H](NC(=O)[C@H](CCCN=C(N)N)NC(=O)[C@H](CO)NC(=O)[C@H](CC(=O)O)NC(=O)[C@H](CCCCN)NC(=O)[C@H](CCC(=O)O)NC(=O)[C@@H]1CCCN1)C(=O)O. The third-order valence-electron chi connectivity index (χ3n) is 9.20. The molecule has 6 amide bonds. The normalized spacial score (nSPS) is 16.4. The van der Waals surface area contributed by atoms with Crippen molar-refractivity contribution < 1.29 is 63.6 Å². The van der Waals surface area contributed by atoms with Crippen LogP contribution < -0.4 is 60.2 Å². The van der Waals surface area contributed by atoms with Gasteiger partial charge in [0.1, 0.15) is 36.3 Å². The number of amides is 6. The number of carbonyl (C=O) groups excluding carboxylic acids is 6. The van der Waals surface area contributed by atoms with Crippen LogP contribution in [0, 0.1) is 0 Å². The number of nitrogens with two attached hydrogens (primary N) is 4. The lowest BCUT2D eigenvalue weighted by Gasteiger charge is -2.27. The van der Waals surface area contributed by atoms with Gasteiger partial charge in [0.15, 0.2) is 5.96 Å². The molecular weight excluding hydrogens is 796 g/mol. The van der Waals surface area contributed by atoms with Crippen LogP contribution in [-0.2, 0) is 43.2 Å². The lowest BCUT2D eigenvalue weighted by molar-refractivity contribution is -0.142. The fraction of sp³-hybridized carbons (Fsp3) is 0.714. The van der Waals surface area contributed by atoms with E-state index in [4.69, 9.17) is 22.9 Å². The molecule has 1 aliphatic heterocycles. The van der Waals surface area contributed by atoms with E-state index in [1.54, 1.807) is 0 Å². The van der Waals surface area contributed by atoms with Gasteiger partial charge in [0.25, 0.3) is 0 Å². The lowest BCUT2D eigenvalue weighted by Crippen LogP contribution is -2.60. The number of aliphatic carboxylic acids is 3. The number of nitrogens with one attached hydrogen (secondary N) is 7. The molecule has 1 fully saturated rings. The second kappa shape index (κ2) is 28.7. The van der Waals surface area contributed by atoms with Crippen molar-refractivity contribution in [1.82, 2.24) is 37.2 Å². The van der Waals surface area contributed by atoms with E-state index in [1.807, 2.05) is 0 Å². The van der Waals surface area contributed by atoms with Gasteiger partial charge < -0.3 is 80.6 Å². The number of unbranched alkanes of at least 4 members (excludes halogenated alkanes) is 2. The van der Waals surface area contributed by atoms with Gasteiger partial charge in [0.2, 0.25) is 35.4 Å². The van der Waals surface area contributed by atoms with Crippen molar-refractivity contribution in [3.05, 3.63) is 0 Å². The van der Waals surface area contributed by atoms with Crippen molar-refractivity contribution in [3.63, 3.8) is 0 Å². The zero-order chi connectivity index (χ0) is 45.2. The Hall–Kier alpha value is -5.66. The van der Waals surface area contributed by atoms with E-state index in [0.29, 0.717) is 38.6 Å². The minimum Gasteiger partial charge on any atom is -0.481 e. The molecule has 0 aliphatic carbocycles. The summed E-state index contributed by atoms with van der Waals surface area (Å²) in [5.41, 5.74) is 21.8. The summed E-state index contributed by atoms with van der Waals surface area (Å²) in [6, 6.07) is -9.94. The van der Waals surface area contributed by atoms with Gasteiger partial charge in [-0.2, -0.15) is 0 Å². The molecule has 25 heteroatoms. The Labute approximate surface area is 346 Å². The number of nitrogens with zero attached hydrogens (tertiary/aromatic N) is 1. The van der Waals surface area contributed by atoms with Crippen LogP contribution in [0.25, 0.3) is 0 Å². The van der Waals surface area contributed by atoms with Crippen molar-refractivity contribution in [1.29, 1.82) is 0 Å². The van der Waals surface area contributed by atoms with Gasteiger partial charge in [0.05, 0.1) is 19.1 Å². The fourth-order valence-electron chi connectivity index (χ4n) is 5.94. The van der Waals surface area contributed by atoms with Gasteiger partial charge in [0, 0.05) is 13.0 Å². The maximum Gasteiger partial charge on any atom is 0.326 e. The number of carbonyl (C=O) groups is 9. The van der Waals surface area contributed by atoms with Crippen molar-refractivity contribution in [3.8, 4) is 0 Å². The molecule has 340 valence electrons. The molecule has 0 radical (unpaired) electrons. The molecule has 0 bridgehead atoms. The van der Waals surface area contributed by atoms with Gasteiger partial charge >= 0.3 is 17.9 Å². The average molecular weight is 859 g/mol. The highest BCUT2D eigenvalue weighted by Crippen LogP contribution is 2.10. The smallest absolute Gasteiger partial charge is 0.326 e. The van der Waals surface area contributed by atoms with Gasteiger partial charge in [-0.05, 0) is 90.3 Å². The zero-order valence-corrected chi connectivity index (χ0v) is 33.5. The summed E-state index contributed by atoms with van der Waals surface area (Å²) in [7, 11) is 0. The quantitative estimate of drug-likeness (QED) is 0.0175. The largest absolute Gasteiger partial charge is 0.481 e. The van der Waals surface area contributed by atoms with Crippen molar-refractivity contribution in [2.45, 2.75) is 126 Å². The maximum absolute atomic E-state index is 13.6. The second-order valence-corrected chi connectivity index (χ2v) is 14.1. The molecule has 1 heterocycles. The van der Waals surface area contributed by atoms with Gasteiger partial charge in [-0.15, -0.1) is 0 Å². The molecule has 0 unspecified atom stereocenters. The summed E-state index contributed by atoms with van der Waals surface area (Å²) >= 11 is 0. The Balaban J connectivity index is 3.25. The van der Waals surface area contributed by atoms with Crippen molar-refractivity contribution in [2.75, 3.05) is 32.8 Å². The summed E-state index contributed by atoms with van der Waals surface area (Å²) in [6.07, 6.45) is 0.713. The highest BCUT2D eigenvalue weighted by atomic mass is 16.4. The number of hydrogen-bond acceptors (Lipinski definition) is 14. The van der Waals surface area contributed by atoms with Crippen LogP contribution >= 0.6 is 0 Å². The topological polar surface area (TPSA) is 435 Å². The minimum absolute atomic E-state index is 0.0147. The summed E-state index contributed by atoms with van der Waals surface area (Å²) in [5, 5.41) is 55.5. The van der Waals surface area contributed by atoms with E-state index in [9.17, 15) is 63.6 Å². The summed E-state index contributed by atoms with van der Waals surface area (Å²) in [6.45, 7) is -0.0106. The summed E-state index contributed by atoms with van der Waals surface area (Å²) < 4.78 is 0. The maximum atomic E-state index is 13.6. The molecule has 0 aromatic heterocycles. The van der Waals surface area contributed by atoms with E-state index >= 15 is 0 Å². The Kier molecular flexibility index (Phi) is 25.1. The predicted molar refractivity (Wildman–Crippen MR) is 212 cm³/mol. The highest BCUT2D eigenvalue weighted by Gasteiger charge is 2.35. The first-order chi connectivity index (χ1) is 28.4. The molecule has 0 saturated carbocycles. The molecule has 1 aliphatic rings. The minimum atomic E-state index is -1.90. The predicted octanol–water partition coefficient (Wildman–Crippen LogP) is -5.62. The summed E-state index contributed by atoms with van der Waals surface area (Å²) in [5.74, 6) is -10.3. The van der Waals surface area contributed by atoms with Crippen LogP contribution in [0.5, 0.6) is 0 Å². The third-order valence-corrected chi connectivity index (χ3v) is 9.20. The van der Waals surface area contributed by atoms with E-state index in [-0.39, 0.29) is 64.1 Å². The Bertz CT molecular complexity index is 1490. The number of aliphatic imine (C=N–C) groups is 1. The van der Waals surface area contributed by atoms with Gasteiger partial charge in [-0.25, -0.2) is 4.79 Å². The van der Waals surface area contributed by atoms with E-state index < -0.39 is 115 Å². The second-order valence-electron chi connectivity index (χ2n) is 14.1. The molecule has 0 aromatic carbocycles. The van der Waals surface area contributed by atoms with E-state index in [0.717, 1.165) is 0 Å². The number of guanidine groups is 1. The monoisotopic (exact) mass is 858 g/mol. The number of hydrogen-bond donors (Lipinski definition) is 15. The molecule has 60 heavy (non-hydrogen) atoms. The first-order valence-electron chi connectivity index (χ1n) is 19.7. The van der Waals surface area contributed by atoms with Gasteiger partial charge in [-0.1, -0.05) is 0 Å². The molecule has 25 nitrogen and oxygen atoms in total. The average Bonchev–Trinajstić information content (AvgIpc) is 3.73. The Morgan fingerprint density at radius 1 is 0.600 bits per heavy atom. The molecular formula is C35H62N12O13. The van der Waals surface area contributed by atoms with Crippen molar-refractivity contribution >= 4 is 59.3 Å². The first-order valence-corrected chi connectivity index (χ1v) is 19.7. The fourth-order valence-corrected chi connectivity index (χ4v) is 5.94.